The van der Waals surface area contributed by atoms with Gasteiger partial charge in [-0.05, 0) is 23.3 Å². The summed E-state index contributed by atoms with van der Waals surface area (Å²) in [6, 6.07) is 25.6. The molecule has 3 rings (SSSR count). The lowest BCUT2D eigenvalue weighted by molar-refractivity contribution is -0.129. The summed E-state index contributed by atoms with van der Waals surface area (Å²) in [5.41, 5.74) is 1.99. The van der Waals surface area contributed by atoms with Crippen molar-refractivity contribution in [1.29, 1.82) is 0 Å². The number of carboxylic acids is 1. The quantitative estimate of drug-likeness (QED) is 0.720. The Bertz CT molecular complexity index is 869. The van der Waals surface area contributed by atoms with Crippen LogP contribution >= 0.6 is 0 Å². The Morgan fingerprint density at radius 1 is 0.750 bits per heavy atom. The highest BCUT2D eigenvalue weighted by atomic mass is 16.4. The number of carbonyl (C=O) groups excluding carboxylic acids is 1. The molecule has 28 heavy (non-hydrogen) atoms. The highest BCUT2D eigenvalue weighted by Crippen LogP contribution is 2.25. The number of amides is 1. The van der Waals surface area contributed by atoms with E-state index in [4.69, 9.17) is 10.2 Å². The van der Waals surface area contributed by atoms with Crippen LogP contribution in [0.4, 0.5) is 0 Å². The molecule has 0 heterocycles. The maximum atomic E-state index is 12.4. The second kappa shape index (κ2) is 9.92. The number of benzene rings is 3. The lowest BCUT2D eigenvalue weighted by atomic mass is 9.90. The number of carbonyl (C=O) groups is 2. The lowest BCUT2D eigenvalue weighted by Gasteiger charge is -2.21. The molecule has 0 atom stereocenters. The van der Waals surface area contributed by atoms with Crippen LogP contribution in [-0.2, 0) is 4.79 Å². The van der Waals surface area contributed by atoms with Crippen LogP contribution in [0.3, 0.4) is 0 Å². The van der Waals surface area contributed by atoms with E-state index in [1.165, 1.54) is 12.1 Å². The molecular formula is C23H23NO4. The number of nitrogens with zero attached hydrogens (tertiary/aromatic N) is 1. The van der Waals surface area contributed by atoms with E-state index >= 15 is 0 Å². The number of aromatic hydroxyl groups is 1. The fourth-order valence-electron chi connectivity index (χ4n) is 2.68. The Balaban J connectivity index is 0.000000237. The van der Waals surface area contributed by atoms with E-state index in [0.29, 0.717) is 0 Å². The molecule has 0 aliphatic carbocycles. The van der Waals surface area contributed by atoms with Crippen molar-refractivity contribution < 1.29 is 19.8 Å². The molecule has 0 radical (unpaired) electrons. The van der Waals surface area contributed by atoms with Gasteiger partial charge in [0.2, 0.25) is 5.91 Å². The molecule has 0 aromatic heterocycles. The third-order valence-electron chi connectivity index (χ3n) is 4.09. The van der Waals surface area contributed by atoms with Crippen molar-refractivity contribution in [2.24, 2.45) is 0 Å². The summed E-state index contributed by atoms with van der Waals surface area (Å²) < 4.78 is 0. The SMILES string of the molecule is CN(C)C(=O)C(c1ccccc1)c1ccccc1.O=C(O)c1ccccc1O. The van der Waals surface area contributed by atoms with Gasteiger partial charge in [-0.1, -0.05) is 72.8 Å². The summed E-state index contributed by atoms with van der Waals surface area (Å²) in [7, 11) is 3.59. The number of aromatic carboxylic acids is 1. The Morgan fingerprint density at radius 2 is 1.18 bits per heavy atom. The first-order valence-electron chi connectivity index (χ1n) is 8.74. The number of phenols is 1. The zero-order chi connectivity index (χ0) is 20.5. The Morgan fingerprint density at radius 3 is 1.54 bits per heavy atom. The highest BCUT2D eigenvalue weighted by molar-refractivity contribution is 5.90. The first-order chi connectivity index (χ1) is 13.4. The minimum Gasteiger partial charge on any atom is -0.507 e. The normalized spacial score (nSPS) is 9.96. The number of hydrogen-bond acceptors (Lipinski definition) is 3. The number of likely N-dealkylation sites (N-methyl/N-ethyl adjacent to an activating group) is 1. The van der Waals surface area contributed by atoms with Gasteiger partial charge in [0.05, 0.1) is 5.92 Å². The van der Waals surface area contributed by atoms with Crippen LogP contribution in [0.15, 0.2) is 84.9 Å². The Labute approximate surface area is 164 Å². The van der Waals surface area contributed by atoms with E-state index in [2.05, 4.69) is 0 Å². The molecule has 3 aromatic carbocycles. The lowest BCUT2D eigenvalue weighted by Crippen LogP contribution is -2.28. The van der Waals surface area contributed by atoms with Gasteiger partial charge in [-0.15, -0.1) is 0 Å². The number of para-hydroxylation sites is 1. The van der Waals surface area contributed by atoms with E-state index < -0.39 is 5.97 Å². The molecule has 3 aromatic rings. The van der Waals surface area contributed by atoms with Gasteiger partial charge in [-0.25, -0.2) is 4.79 Å². The molecule has 0 bridgehead atoms. The molecule has 0 aliphatic heterocycles. The van der Waals surface area contributed by atoms with E-state index in [-0.39, 0.29) is 23.1 Å². The van der Waals surface area contributed by atoms with Gasteiger partial charge >= 0.3 is 5.97 Å². The number of rotatable bonds is 4. The second-order valence-electron chi connectivity index (χ2n) is 6.31. The van der Waals surface area contributed by atoms with E-state index in [0.717, 1.165) is 11.1 Å². The summed E-state index contributed by atoms with van der Waals surface area (Å²) in [5.74, 6) is -1.43. The Kier molecular flexibility index (Phi) is 7.34. The smallest absolute Gasteiger partial charge is 0.339 e. The van der Waals surface area contributed by atoms with Crippen molar-refractivity contribution in [3.05, 3.63) is 102 Å². The molecule has 0 aliphatic rings. The van der Waals surface area contributed by atoms with Crippen LogP contribution in [0.5, 0.6) is 5.75 Å². The van der Waals surface area contributed by atoms with Gasteiger partial charge in [0.15, 0.2) is 0 Å². The molecule has 144 valence electrons. The van der Waals surface area contributed by atoms with Crippen molar-refractivity contribution in [3.8, 4) is 5.75 Å². The zero-order valence-corrected chi connectivity index (χ0v) is 15.8. The van der Waals surface area contributed by atoms with Crippen LogP contribution < -0.4 is 0 Å². The minimum absolute atomic E-state index is 0.0671. The van der Waals surface area contributed by atoms with Crippen LogP contribution in [-0.4, -0.2) is 41.1 Å². The van der Waals surface area contributed by atoms with Gasteiger partial charge in [-0.2, -0.15) is 0 Å². The van der Waals surface area contributed by atoms with Crippen molar-refractivity contribution >= 4 is 11.9 Å². The van der Waals surface area contributed by atoms with Gasteiger partial charge in [0.1, 0.15) is 11.3 Å². The van der Waals surface area contributed by atoms with Crippen molar-refractivity contribution in [1.82, 2.24) is 4.90 Å². The molecule has 0 fully saturated rings. The summed E-state index contributed by atoms with van der Waals surface area (Å²) in [6.07, 6.45) is 0. The maximum absolute atomic E-state index is 12.4. The summed E-state index contributed by atoms with van der Waals surface area (Å²) in [5, 5.41) is 17.3. The van der Waals surface area contributed by atoms with Crippen LogP contribution in [0.2, 0.25) is 0 Å². The highest BCUT2D eigenvalue weighted by Gasteiger charge is 2.23. The molecule has 5 nitrogen and oxygen atoms in total. The number of carboxylic acid groups (broad SMARTS) is 1. The van der Waals surface area contributed by atoms with Gasteiger partial charge in [-0.3, -0.25) is 4.79 Å². The third-order valence-corrected chi connectivity index (χ3v) is 4.09. The molecule has 1 amide bonds. The van der Waals surface area contributed by atoms with Crippen LogP contribution in [0.25, 0.3) is 0 Å². The molecule has 0 saturated heterocycles. The predicted octanol–water partition coefficient (Wildman–Crippen LogP) is 4.00. The number of hydrogen-bond donors (Lipinski definition) is 2. The predicted molar refractivity (Wildman–Crippen MR) is 108 cm³/mol. The van der Waals surface area contributed by atoms with Gasteiger partial charge in [0, 0.05) is 14.1 Å². The monoisotopic (exact) mass is 377 g/mol. The standard InChI is InChI=1S/C16H17NO.C7H6O3/c1-17(2)16(18)15(13-9-5-3-6-10-13)14-11-7-4-8-12-14;8-6-4-2-1-3-5(6)7(9)10/h3-12,15H,1-2H3;1-4,8H,(H,9,10). The van der Waals surface area contributed by atoms with E-state index in [9.17, 15) is 9.59 Å². The third kappa shape index (κ3) is 5.45. The second-order valence-corrected chi connectivity index (χ2v) is 6.31. The summed E-state index contributed by atoms with van der Waals surface area (Å²) in [6.45, 7) is 0. The molecular weight excluding hydrogens is 354 g/mol. The first kappa shape index (κ1) is 20.7. The van der Waals surface area contributed by atoms with E-state index in [1.54, 1.807) is 31.1 Å². The topological polar surface area (TPSA) is 77.8 Å². The molecule has 2 N–H and O–H groups in total. The maximum Gasteiger partial charge on any atom is 0.339 e. The van der Waals surface area contributed by atoms with E-state index in [1.807, 2.05) is 60.7 Å². The summed E-state index contributed by atoms with van der Waals surface area (Å²) in [4.78, 5) is 24.3. The van der Waals surface area contributed by atoms with Crippen molar-refractivity contribution in [3.63, 3.8) is 0 Å². The minimum atomic E-state index is -1.11. The molecule has 0 unspecified atom stereocenters. The van der Waals surface area contributed by atoms with Crippen LogP contribution in [0, 0.1) is 0 Å². The summed E-state index contributed by atoms with van der Waals surface area (Å²) >= 11 is 0. The van der Waals surface area contributed by atoms with Crippen molar-refractivity contribution in [2.45, 2.75) is 5.92 Å². The van der Waals surface area contributed by atoms with Crippen LogP contribution in [0.1, 0.15) is 27.4 Å². The Hall–Kier alpha value is -3.60. The average Bonchev–Trinajstić information content (AvgIpc) is 2.70. The molecule has 0 saturated carbocycles. The molecule has 5 heteroatoms. The zero-order valence-electron chi connectivity index (χ0n) is 15.8. The van der Waals surface area contributed by atoms with Crippen molar-refractivity contribution in [2.75, 3.05) is 14.1 Å². The van der Waals surface area contributed by atoms with Gasteiger partial charge < -0.3 is 15.1 Å². The first-order valence-corrected chi connectivity index (χ1v) is 8.74. The fourth-order valence-corrected chi connectivity index (χ4v) is 2.68. The average molecular weight is 377 g/mol. The fraction of sp³-hybridized carbons (Fsp3) is 0.130. The largest absolute Gasteiger partial charge is 0.507 e. The van der Waals surface area contributed by atoms with Gasteiger partial charge in [0.25, 0.3) is 0 Å². The molecule has 0 spiro atoms.